The lowest BCUT2D eigenvalue weighted by Crippen LogP contribution is -2.83. The van der Waals surface area contributed by atoms with Gasteiger partial charge in [0.25, 0.3) is 5.97 Å². The lowest BCUT2D eigenvalue weighted by molar-refractivity contribution is -0.553. The number of ketones is 1. The molecule has 1 aromatic heterocycles. The first-order valence-corrected chi connectivity index (χ1v) is 12.7. The van der Waals surface area contributed by atoms with Crippen LogP contribution < -0.4 is 5.63 Å². The van der Waals surface area contributed by atoms with E-state index in [2.05, 4.69) is 0 Å². The maximum Gasteiger partial charge on any atom is 0.335 e. The van der Waals surface area contributed by atoms with Crippen LogP contribution in [0.5, 0.6) is 0 Å². The predicted molar refractivity (Wildman–Crippen MR) is 118 cm³/mol. The second-order valence-electron chi connectivity index (χ2n) is 12.0. The fourth-order valence-corrected chi connectivity index (χ4v) is 9.68. The van der Waals surface area contributed by atoms with E-state index in [1.165, 1.54) is 12.3 Å². The first kappa shape index (κ1) is 22.6. The highest BCUT2D eigenvalue weighted by molar-refractivity contribution is 5.93. The Morgan fingerprint density at radius 2 is 1.91 bits per heavy atom. The van der Waals surface area contributed by atoms with Gasteiger partial charge in [0.2, 0.25) is 0 Å². The van der Waals surface area contributed by atoms with Crippen molar-refractivity contribution >= 4 is 5.78 Å². The summed E-state index contributed by atoms with van der Waals surface area (Å²) in [5, 5.41) is 35.2. The number of fused-ring (bicyclic) bond motifs is 3. The molecule has 3 aliphatic heterocycles. The minimum atomic E-state index is -1.40. The number of ether oxygens (including phenoxy) is 3. The monoisotopic (exact) mass is 488 g/mol. The second kappa shape index (κ2) is 6.62. The summed E-state index contributed by atoms with van der Waals surface area (Å²) in [5.74, 6) is -3.19. The molecule has 0 amide bonds. The van der Waals surface area contributed by atoms with Crippen LogP contribution in [-0.4, -0.2) is 63.2 Å². The number of aliphatic hydroxyl groups excluding tert-OH is 2. The Labute approximate surface area is 202 Å². The van der Waals surface area contributed by atoms with Crippen molar-refractivity contribution in [1.82, 2.24) is 0 Å². The Kier molecular flexibility index (Phi) is 4.27. The van der Waals surface area contributed by atoms with Crippen LogP contribution >= 0.6 is 0 Å². The minimum absolute atomic E-state index is 0.0721. The highest BCUT2D eigenvalue weighted by atomic mass is 16.9. The lowest BCUT2D eigenvalue weighted by atomic mass is 9.39. The zero-order valence-electron chi connectivity index (χ0n) is 19.9. The van der Waals surface area contributed by atoms with Gasteiger partial charge in [-0.2, -0.15) is 0 Å². The minimum Gasteiger partial charge on any atom is -0.431 e. The Morgan fingerprint density at radius 1 is 1.11 bits per heavy atom. The van der Waals surface area contributed by atoms with Crippen molar-refractivity contribution in [2.24, 2.45) is 22.7 Å². The largest absolute Gasteiger partial charge is 0.431 e. The summed E-state index contributed by atoms with van der Waals surface area (Å²) >= 11 is 0. The Morgan fingerprint density at radius 3 is 2.60 bits per heavy atom. The number of carbonyl (C=O) groups is 1. The van der Waals surface area contributed by atoms with Gasteiger partial charge in [-0.25, -0.2) is 4.79 Å². The third-order valence-electron chi connectivity index (χ3n) is 11.0. The van der Waals surface area contributed by atoms with Gasteiger partial charge in [-0.3, -0.25) is 4.79 Å². The molecule has 7 fully saturated rings. The zero-order chi connectivity index (χ0) is 24.6. The molecular formula is C26H32O9. The van der Waals surface area contributed by atoms with Crippen LogP contribution in [0.3, 0.4) is 0 Å². The molecule has 11 atom stereocenters. The molecule has 7 aliphatic rings. The molecule has 0 radical (unpaired) electrons. The maximum absolute atomic E-state index is 14.1. The van der Waals surface area contributed by atoms with Gasteiger partial charge in [-0.05, 0) is 50.2 Å². The average molecular weight is 489 g/mol. The van der Waals surface area contributed by atoms with Crippen LogP contribution in [0.15, 0.2) is 27.6 Å². The van der Waals surface area contributed by atoms with Crippen molar-refractivity contribution in [3.63, 3.8) is 0 Å². The number of Topliss-reactive ketones (excluding diaryl/α,β-unsaturated/α-hetero) is 1. The summed E-state index contributed by atoms with van der Waals surface area (Å²) in [6, 6.07) is 2.96. The standard InChI is InChI=1S/C26H32O9/c1-22-15(13-3-4-18(28)32-11-13)6-8-26(22,31)16-5-7-24-10-14-9-17(34-23(2,33-14)35-24)25(24,12-27)19(16)20(29)21(22)30/h3-4,11,14-17,19-20,27,29,31H,5-10,12H2,1-2H3/t14-,15+,16+,17+,19+,20-,22-,23+,24-,25+,26-/m0/s1. The molecule has 4 saturated carbocycles. The van der Waals surface area contributed by atoms with Crippen LogP contribution in [0.25, 0.3) is 0 Å². The van der Waals surface area contributed by atoms with Gasteiger partial charge in [-0.15, -0.1) is 0 Å². The summed E-state index contributed by atoms with van der Waals surface area (Å²) in [6.07, 6.45) is 2.57. The molecular weight excluding hydrogens is 456 g/mol. The molecule has 8 rings (SSSR count). The van der Waals surface area contributed by atoms with E-state index in [-0.39, 0.29) is 12.7 Å². The molecule has 4 heterocycles. The fraction of sp³-hybridized carbons (Fsp3) is 0.769. The summed E-state index contributed by atoms with van der Waals surface area (Å²) in [5.41, 5.74) is -4.31. The smallest absolute Gasteiger partial charge is 0.335 e. The molecule has 3 saturated heterocycles. The predicted octanol–water partition coefficient (Wildman–Crippen LogP) is 1.22. The molecule has 9 nitrogen and oxygen atoms in total. The van der Waals surface area contributed by atoms with E-state index < -0.39 is 69.4 Å². The van der Waals surface area contributed by atoms with Crippen molar-refractivity contribution in [3.8, 4) is 0 Å². The summed E-state index contributed by atoms with van der Waals surface area (Å²) in [7, 11) is 0. The van der Waals surface area contributed by atoms with Crippen LogP contribution in [0.4, 0.5) is 0 Å². The van der Waals surface area contributed by atoms with Gasteiger partial charge in [0, 0.05) is 37.7 Å². The van der Waals surface area contributed by atoms with Gasteiger partial charge in [0.15, 0.2) is 5.78 Å². The number of hydrogen-bond donors (Lipinski definition) is 3. The van der Waals surface area contributed by atoms with Crippen LogP contribution in [0.1, 0.15) is 63.9 Å². The topological polar surface area (TPSA) is 136 Å². The Balaban J connectivity index is 1.36. The lowest BCUT2D eigenvalue weighted by Gasteiger charge is -2.74. The molecule has 4 bridgehead atoms. The van der Waals surface area contributed by atoms with Crippen molar-refractivity contribution < 1.29 is 38.7 Å². The molecule has 1 aromatic rings. The zero-order valence-corrected chi connectivity index (χ0v) is 19.9. The molecule has 35 heavy (non-hydrogen) atoms. The third-order valence-corrected chi connectivity index (χ3v) is 11.0. The van der Waals surface area contributed by atoms with Crippen LogP contribution in [0.2, 0.25) is 0 Å². The summed E-state index contributed by atoms with van der Waals surface area (Å²) in [6.45, 7) is 3.17. The summed E-state index contributed by atoms with van der Waals surface area (Å²) in [4.78, 5) is 25.7. The third kappa shape index (κ3) is 2.37. The van der Waals surface area contributed by atoms with Crippen molar-refractivity contribution in [2.45, 2.75) is 93.8 Å². The first-order valence-electron chi connectivity index (χ1n) is 12.7. The fourth-order valence-electron chi connectivity index (χ4n) is 9.68. The van der Waals surface area contributed by atoms with Gasteiger partial charge < -0.3 is 33.9 Å². The van der Waals surface area contributed by atoms with E-state index in [4.69, 9.17) is 18.6 Å². The molecule has 0 aromatic carbocycles. The van der Waals surface area contributed by atoms with Gasteiger partial charge in [-0.1, -0.05) is 0 Å². The van der Waals surface area contributed by atoms with E-state index in [1.54, 1.807) is 19.9 Å². The van der Waals surface area contributed by atoms with Crippen molar-refractivity contribution in [1.29, 1.82) is 0 Å². The van der Waals surface area contributed by atoms with Crippen molar-refractivity contribution in [2.75, 3.05) is 6.61 Å². The van der Waals surface area contributed by atoms with E-state index in [0.717, 1.165) is 0 Å². The maximum atomic E-state index is 14.1. The molecule has 190 valence electrons. The summed E-state index contributed by atoms with van der Waals surface area (Å²) < 4.78 is 23.7. The number of aliphatic hydroxyl groups is 3. The number of carbonyl (C=O) groups excluding carboxylic acids is 1. The van der Waals surface area contributed by atoms with Gasteiger partial charge in [0.1, 0.15) is 6.10 Å². The number of rotatable bonds is 2. The van der Waals surface area contributed by atoms with Gasteiger partial charge >= 0.3 is 5.63 Å². The van der Waals surface area contributed by atoms with Crippen LogP contribution in [0, 0.1) is 22.7 Å². The second-order valence-corrected chi connectivity index (χ2v) is 12.0. The average Bonchev–Trinajstić information content (AvgIpc) is 3.09. The quantitative estimate of drug-likeness (QED) is 0.561. The van der Waals surface area contributed by atoms with Crippen LogP contribution in [-0.2, 0) is 19.0 Å². The van der Waals surface area contributed by atoms with Gasteiger partial charge in [0.05, 0.1) is 47.1 Å². The highest BCUT2D eigenvalue weighted by Gasteiger charge is 2.81. The first-order chi connectivity index (χ1) is 16.5. The molecule has 4 aliphatic carbocycles. The van der Waals surface area contributed by atoms with E-state index in [0.29, 0.717) is 44.1 Å². The van der Waals surface area contributed by atoms with E-state index in [1.807, 2.05) is 0 Å². The van der Waals surface area contributed by atoms with Crippen molar-refractivity contribution in [3.05, 3.63) is 34.4 Å². The normalized spacial score (nSPS) is 56.0. The Hall–Kier alpha value is -1.62. The molecule has 3 N–H and O–H groups in total. The highest BCUT2D eigenvalue weighted by Crippen LogP contribution is 2.73. The molecule has 9 heteroatoms. The molecule has 1 spiro atoms. The molecule has 0 unspecified atom stereocenters. The van der Waals surface area contributed by atoms with E-state index in [9.17, 15) is 24.9 Å². The Bertz CT molecular complexity index is 1150. The number of hydrogen-bond acceptors (Lipinski definition) is 9. The van der Waals surface area contributed by atoms with E-state index >= 15 is 0 Å². The SMILES string of the molecule is C[C@@]12O[C@H]3C[C@@H](O1)[C@]1(CO)[C@H]4[C@H](O)C(=O)[C@]5(C)[C@@H](c6ccc(=O)oc6)CC[C@]5(O)[C@@H]4CC[C@@]1(C3)O2.